The third-order valence-corrected chi connectivity index (χ3v) is 3.71. The molecule has 118 valence electrons. The van der Waals surface area contributed by atoms with Crippen LogP contribution in [0.3, 0.4) is 0 Å². The summed E-state index contributed by atoms with van der Waals surface area (Å²) >= 11 is 0. The molecule has 0 saturated heterocycles. The highest BCUT2D eigenvalue weighted by molar-refractivity contribution is 5.66. The van der Waals surface area contributed by atoms with Crippen molar-refractivity contribution in [1.29, 1.82) is 0 Å². The minimum atomic E-state index is -1.35. The van der Waals surface area contributed by atoms with Crippen LogP contribution in [0.1, 0.15) is 37.3 Å². The average Bonchev–Trinajstić information content (AvgIpc) is 2.47. The van der Waals surface area contributed by atoms with Gasteiger partial charge in [-0.3, -0.25) is 0 Å². The zero-order chi connectivity index (χ0) is 16.3. The van der Waals surface area contributed by atoms with Gasteiger partial charge in [0.2, 0.25) is 0 Å². The standard InChI is InChI=1S/C18H18F4/c1-3-4-5-6-12-7-8-13(14(19)10-12)16-15(20)9-11(2)17(21)18(16)22/h7-10H,3-6H2,1-2H3. The molecule has 2 rings (SSSR count). The number of unbranched alkanes of at least 4 members (excludes halogenated alkanes) is 2. The molecule has 0 N–H and O–H groups in total. The van der Waals surface area contributed by atoms with Gasteiger partial charge in [-0.05, 0) is 43.0 Å². The minimum absolute atomic E-state index is 0.143. The molecule has 0 spiro atoms. The number of aryl methyl sites for hydroxylation is 2. The van der Waals surface area contributed by atoms with E-state index >= 15 is 0 Å². The van der Waals surface area contributed by atoms with Gasteiger partial charge in [-0.15, -0.1) is 0 Å². The summed E-state index contributed by atoms with van der Waals surface area (Å²) in [6, 6.07) is 5.08. The molecule has 0 aromatic heterocycles. The van der Waals surface area contributed by atoms with Crippen LogP contribution in [0, 0.1) is 30.2 Å². The molecular weight excluding hydrogens is 292 g/mol. The van der Waals surface area contributed by atoms with Gasteiger partial charge in [0, 0.05) is 5.56 Å². The summed E-state index contributed by atoms with van der Waals surface area (Å²) in [6.07, 6.45) is 3.73. The summed E-state index contributed by atoms with van der Waals surface area (Å²) in [6.45, 7) is 3.33. The van der Waals surface area contributed by atoms with E-state index in [0.29, 0.717) is 6.42 Å². The quantitative estimate of drug-likeness (QED) is 0.363. The lowest BCUT2D eigenvalue weighted by atomic mass is 9.98. The van der Waals surface area contributed by atoms with Gasteiger partial charge in [0.15, 0.2) is 11.6 Å². The van der Waals surface area contributed by atoms with Crippen molar-refractivity contribution in [2.75, 3.05) is 0 Å². The van der Waals surface area contributed by atoms with E-state index in [9.17, 15) is 17.6 Å². The molecule has 2 aromatic rings. The molecule has 2 aromatic carbocycles. The molecule has 4 heteroatoms. The molecule has 0 unspecified atom stereocenters. The van der Waals surface area contributed by atoms with E-state index in [2.05, 4.69) is 6.92 Å². The molecule has 0 aliphatic heterocycles. The third-order valence-electron chi connectivity index (χ3n) is 3.71. The van der Waals surface area contributed by atoms with Crippen LogP contribution in [0.4, 0.5) is 17.6 Å². The summed E-state index contributed by atoms with van der Waals surface area (Å²) in [4.78, 5) is 0. The maximum Gasteiger partial charge on any atom is 0.169 e. The summed E-state index contributed by atoms with van der Waals surface area (Å²) in [5.74, 6) is -4.21. The predicted molar refractivity (Wildman–Crippen MR) is 79.7 cm³/mol. The number of hydrogen-bond acceptors (Lipinski definition) is 0. The summed E-state index contributed by atoms with van der Waals surface area (Å²) in [5, 5.41) is 0. The first-order valence-corrected chi connectivity index (χ1v) is 7.38. The molecule has 0 bridgehead atoms. The zero-order valence-electron chi connectivity index (χ0n) is 12.6. The van der Waals surface area contributed by atoms with Crippen LogP contribution in [-0.2, 0) is 6.42 Å². The highest BCUT2D eigenvalue weighted by Gasteiger charge is 2.20. The second kappa shape index (κ2) is 6.95. The smallest absolute Gasteiger partial charge is 0.169 e. The molecule has 0 radical (unpaired) electrons. The van der Waals surface area contributed by atoms with Gasteiger partial charge >= 0.3 is 0 Å². The molecule has 0 nitrogen and oxygen atoms in total. The van der Waals surface area contributed by atoms with Crippen molar-refractivity contribution in [1.82, 2.24) is 0 Å². The highest BCUT2D eigenvalue weighted by atomic mass is 19.2. The van der Waals surface area contributed by atoms with Gasteiger partial charge in [-0.25, -0.2) is 17.6 Å². The normalized spacial score (nSPS) is 11.0. The molecule has 0 heterocycles. The van der Waals surface area contributed by atoms with Crippen molar-refractivity contribution in [3.8, 4) is 11.1 Å². The van der Waals surface area contributed by atoms with E-state index < -0.39 is 28.8 Å². The zero-order valence-corrected chi connectivity index (χ0v) is 12.6. The van der Waals surface area contributed by atoms with Gasteiger partial charge in [0.1, 0.15) is 11.6 Å². The minimum Gasteiger partial charge on any atom is -0.206 e. The number of rotatable bonds is 5. The van der Waals surface area contributed by atoms with Crippen LogP contribution in [0.25, 0.3) is 11.1 Å². The Kier molecular flexibility index (Phi) is 5.22. The van der Waals surface area contributed by atoms with E-state index in [1.807, 2.05) is 0 Å². The summed E-state index contributed by atoms with van der Waals surface area (Å²) < 4.78 is 55.7. The van der Waals surface area contributed by atoms with Crippen LogP contribution in [0.2, 0.25) is 0 Å². The van der Waals surface area contributed by atoms with Crippen LogP contribution >= 0.6 is 0 Å². The number of hydrogen-bond donors (Lipinski definition) is 0. The van der Waals surface area contributed by atoms with Crippen molar-refractivity contribution < 1.29 is 17.6 Å². The average molecular weight is 310 g/mol. The molecule has 0 aliphatic carbocycles. The second-order valence-electron chi connectivity index (χ2n) is 5.45. The summed E-state index contributed by atoms with van der Waals surface area (Å²) in [7, 11) is 0. The van der Waals surface area contributed by atoms with Crippen LogP contribution in [0.15, 0.2) is 24.3 Å². The van der Waals surface area contributed by atoms with Crippen molar-refractivity contribution in [2.45, 2.75) is 39.5 Å². The van der Waals surface area contributed by atoms with E-state index in [0.717, 1.165) is 30.9 Å². The molecule has 0 atom stereocenters. The van der Waals surface area contributed by atoms with Gasteiger partial charge in [0.05, 0.1) is 5.56 Å². The Hall–Kier alpha value is -1.84. The largest absolute Gasteiger partial charge is 0.206 e. The maximum atomic E-state index is 14.2. The van der Waals surface area contributed by atoms with E-state index in [1.54, 1.807) is 6.07 Å². The molecular formula is C18H18F4. The first kappa shape index (κ1) is 16.5. The lowest BCUT2D eigenvalue weighted by Crippen LogP contribution is -2.00. The van der Waals surface area contributed by atoms with E-state index in [1.165, 1.54) is 19.1 Å². The van der Waals surface area contributed by atoms with Crippen LogP contribution in [0.5, 0.6) is 0 Å². The Morgan fingerprint density at radius 1 is 0.864 bits per heavy atom. The Morgan fingerprint density at radius 3 is 2.23 bits per heavy atom. The Morgan fingerprint density at radius 2 is 1.59 bits per heavy atom. The lowest BCUT2D eigenvalue weighted by molar-refractivity contribution is 0.492. The Balaban J connectivity index is 2.40. The number of halogens is 4. The van der Waals surface area contributed by atoms with Gasteiger partial charge in [0.25, 0.3) is 0 Å². The molecule has 0 fully saturated rings. The van der Waals surface area contributed by atoms with Crippen molar-refractivity contribution in [3.63, 3.8) is 0 Å². The topological polar surface area (TPSA) is 0 Å². The van der Waals surface area contributed by atoms with Crippen LogP contribution < -0.4 is 0 Å². The summed E-state index contributed by atoms with van der Waals surface area (Å²) in [5.41, 5.74) is -0.285. The fraction of sp³-hybridized carbons (Fsp3) is 0.333. The van der Waals surface area contributed by atoms with E-state index in [-0.39, 0.29) is 11.1 Å². The maximum absolute atomic E-state index is 14.2. The molecule has 0 amide bonds. The number of benzene rings is 2. The lowest BCUT2D eigenvalue weighted by Gasteiger charge is -2.10. The first-order chi connectivity index (χ1) is 10.5. The molecule has 0 saturated carbocycles. The first-order valence-electron chi connectivity index (χ1n) is 7.38. The van der Waals surface area contributed by atoms with E-state index in [4.69, 9.17) is 0 Å². The Labute approximate surface area is 127 Å². The molecule has 22 heavy (non-hydrogen) atoms. The van der Waals surface area contributed by atoms with Crippen LogP contribution in [-0.4, -0.2) is 0 Å². The highest BCUT2D eigenvalue weighted by Crippen LogP contribution is 2.31. The predicted octanol–water partition coefficient (Wildman–Crippen LogP) is 5.95. The molecule has 0 aliphatic rings. The van der Waals surface area contributed by atoms with Crippen molar-refractivity contribution >= 4 is 0 Å². The Bertz CT molecular complexity index is 677. The SMILES string of the molecule is CCCCCc1ccc(-c2c(F)cc(C)c(F)c2F)c(F)c1. The third kappa shape index (κ3) is 3.32. The fourth-order valence-corrected chi connectivity index (χ4v) is 2.46. The fourth-order valence-electron chi connectivity index (χ4n) is 2.46. The second-order valence-corrected chi connectivity index (χ2v) is 5.45. The van der Waals surface area contributed by atoms with Crippen molar-refractivity contribution in [2.24, 2.45) is 0 Å². The van der Waals surface area contributed by atoms with Crippen molar-refractivity contribution in [3.05, 3.63) is 58.7 Å². The monoisotopic (exact) mass is 310 g/mol. The van der Waals surface area contributed by atoms with Gasteiger partial charge < -0.3 is 0 Å². The van der Waals surface area contributed by atoms with Gasteiger partial charge in [-0.2, -0.15) is 0 Å². The van der Waals surface area contributed by atoms with Gasteiger partial charge in [-0.1, -0.05) is 31.9 Å².